The summed E-state index contributed by atoms with van der Waals surface area (Å²) in [6, 6.07) is 0. The van der Waals surface area contributed by atoms with E-state index in [9.17, 15) is 0 Å². The lowest BCUT2D eigenvalue weighted by molar-refractivity contribution is -0.00737. The second-order valence-electron chi connectivity index (χ2n) is 6.36. The highest BCUT2D eigenvalue weighted by Crippen LogP contribution is 2.80. The summed E-state index contributed by atoms with van der Waals surface area (Å²) in [6.07, 6.45) is 6.17. The van der Waals surface area contributed by atoms with Gasteiger partial charge in [-0.2, -0.15) is 0 Å². The summed E-state index contributed by atoms with van der Waals surface area (Å²) in [5.41, 5.74) is 0. The maximum absolute atomic E-state index is 2.43. The van der Waals surface area contributed by atoms with Gasteiger partial charge in [-0.1, -0.05) is 26.7 Å². The van der Waals surface area contributed by atoms with Crippen LogP contribution in [0.5, 0.6) is 0 Å². The van der Waals surface area contributed by atoms with Crippen LogP contribution >= 0.6 is 0 Å². The van der Waals surface area contributed by atoms with Gasteiger partial charge in [-0.3, -0.25) is 0 Å². The highest BCUT2D eigenvalue weighted by atomic mass is 14.8. The van der Waals surface area contributed by atoms with Crippen molar-refractivity contribution < 1.29 is 0 Å². The third-order valence-corrected chi connectivity index (χ3v) is 6.63. The molecule has 0 aromatic rings. The van der Waals surface area contributed by atoms with E-state index < -0.39 is 0 Å². The van der Waals surface area contributed by atoms with Crippen LogP contribution in [0.3, 0.4) is 0 Å². The minimum absolute atomic E-state index is 1.14. The van der Waals surface area contributed by atoms with Gasteiger partial charge in [0, 0.05) is 0 Å². The van der Waals surface area contributed by atoms with E-state index in [0.717, 1.165) is 11.8 Å². The molecule has 4 atom stereocenters. The van der Waals surface area contributed by atoms with E-state index >= 15 is 0 Å². The molecule has 6 rings (SSSR count). The third-order valence-electron chi connectivity index (χ3n) is 6.63. The Morgan fingerprint density at radius 2 is 1.14 bits per heavy atom. The molecule has 6 saturated carbocycles. The molecular formula is C14H22. The molecule has 0 heteroatoms. The van der Waals surface area contributed by atoms with Crippen molar-refractivity contribution in [1.82, 2.24) is 0 Å². The average molecular weight is 190 g/mol. The lowest BCUT2D eigenvalue weighted by atomic mass is 9.56. The van der Waals surface area contributed by atoms with Gasteiger partial charge >= 0.3 is 0 Å². The topological polar surface area (TPSA) is 0 Å². The van der Waals surface area contributed by atoms with Crippen molar-refractivity contribution in [2.75, 3.05) is 0 Å². The minimum Gasteiger partial charge on any atom is -0.0651 e. The van der Waals surface area contributed by atoms with Crippen LogP contribution in [0.4, 0.5) is 0 Å². The van der Waals surface area contributed by atoms with Crippen molar-refractivity contribution in [2.45, 2.75) is 39.5 Å². The Morgan fingerprint density at radius 1 is 0.714 bits per heavy atom. The van der Waals surface area contributed by atoms with E-state index in [4.69, 9.17) is 0 Å². The van der Waals surface area contributed by atoms with E-state index in [0.29, 0.717) is 0 Å². The molecule has 0 aromatic heterocycles. The molecule has 0 radical (unpaired) electrons. The lowest BCUT2D eigenvalue weighted by Crippen LogP contribution is -2.43. The SMILES string of the molecule is CCC1C(CC)C2C3C4CCC3C4C12. The van der Waals surface area contributed by atoms with E-state index in [1.165, 1.54) is 48.3 Å². The van der Waals surface area contributed by atoms with Crippen LogP contribution in [-0.2, 0) is 0 Å². The Bertz CT molecular complexity index is 233. The van der Waals surface area contributed by atoms with E-state index in [-0.39, 0.29) is 0 Å². The summed E-state index contributed by atoms with van der Waals surface area (Å²) in [7, 11) is 0. The zero-order chi connectivity index (χ0) is 9.45. The summed E-state index contributed by atoms with van der Waals surface area (Å²) in [4.78, 5) is 0. The number of fused-ring (bicyclic) bond motifs is 1. The second-order valence-corrected chi connectivity index (χ2v) is 6.36. The third kappa shape index (κ3) is 0.605. The Labute approximate surface area is 87.5 Å². The first-order valence-electron chi connectivity index (χ1n) is 6.88. The van der Waals surface area contributed by atoms with Gasteiger partial charge in [-0.25, -0.2) is 0 Å². The zero-order valence-electron chi connectivity index (χ0n) is 9.45. The standard InChI is InChI=1S/C14H22/c1-3-7-8(4-2)14-12-9-5-6-10(12)11(9)13(7)14/h7-14H,3-6H2,1-2H3. The fourth-order valence-electron chi connectivity index (χ4n) is 6.53. The summed E-state index contributed by atoms with van der Waals surface area (Å²) in [5, 5.41) is 0. The smallest absolute Gasteiger partial charge is 0.0315 e. The first kappa shape index (κ1) is 8.19. The molecule has 6 aliphatic rings. The van der Waals surface area contributed by atoms with Crippen molar-refractivity contribution in [3.8, 4) is 0 Å². The van der Waals surface area contributed by atoms with Gasteiger partial charge in [-0.15, -0.1) is 0 Å². The van der Waals surface area contributed by atoms with Crippen molar-refractivity contribution >= 4 is 0 Å². The molecule has 6 fully saturated rings. The zero-order valence-corrected chi connectivity index (χ0v) is 9.45. The van der Waals surface area contributed by atoms with Crippen molar-refractivity contribution in [2.24, 2.45) is 47.3 Å². The van der Waals surface area contributed by atoms with Crippen molar-refractivity contribution in [1.29, 1.82) is 0 Å². The monoisotopic (exact) mass is 190 g/mol. The van der Waals surface area contributed by atoms with Gasteiger partial charge in [0.15, 0.2) is 0 Å². The van der Waals surface area contributed by atoms with Crippen LogP contribution in [0.1, 0.15) is 39.5 Å². The molecule has 0 spiro atoms. The number of rotatable bonds is 2. The predicted molar refractivity (Wildman–Crippen MR) is 57.7 cm³/mol. The average Bonchev–Trinajstić information content (AvgIpc) is 2.82. The summed E-state index contributed by atoms with van der Waals surface area (Å²) < 4.78 is 0. The first-order chi connectivity index (χ1) is 6.88. The van der Waals surface area contributed by atoms with Crippen LogP contribution in [0.25, 0.3) is 0 Å². The van der Waals surface area contributed by atoms with Crippen LogP contribution in [0, 0.1) is 47.3 Å². The molecule has 4 bridgehead atoms. The summed E-state index contributed by atoms with van der Waals surface area (Å²) in [6.45, 7) is 4.86. The molecule has 0 amide bonds. The van der Waals surface area contributed by atoms with E-state index in [2.05, 4.69) is 13.8 Å². The molecule has 4 unspecified atom stereocenters. The normalized spacial score (nSPS) is 67.3. The Hall–Kier alpha value is 0. The highest BCUT2D eigenvalue weighted by molar-refractivity contribution is 5.22. The maximum atomic E-state index is 2.43. The van der Waals surface area contributed by atoms with Gasteiger partial charge in [0.25, 0.3) is 0 Å². The second kappa shape index (κ2) is 2.39. The Morgan fingerprint density at radius 3 is 1.50 bits per heavy atom. The molecule has 14 heavy (non-hydrogen) atoms. The maximum Gasteiger partial charge on any atom is -0.0315 e. The minimum atomic E-state index is 1.14. The van der Waals surface area contributed by atoms with Crippen LogP contribution < -0.4 is 0 Å². The molecule has 78 valence electrons. The number of hydrogen-bond acceptors (Lipinski definition) is 0. The molecule has 0 N–H and O–H groups in total. The largest absolute Gasteiger partial charge is 0.0651 e. The molecule has 0 aromatic carbocycles. The Kier molecular flexibility index (Phi) is 1.40. The van der Waals surface area contributed by atoms with Crippen LogP contribution in [0.15, 0.2) is 0 Å². The van der Waals surface area contributed by atoms with Crippen molar-refractivity contribution in [3.05, 3.63) is 0 Å². The quantitative estimate of drug-likeness (QED) is 0.624. The molecule has 6 aliphatic carbocycles. The molecule has 0 aliphatic heterocycles. The molecule has 0 saturated heterocycles. The summed E-state index contributed by atoms with van der Waals surface area (Å²) >= 11 is 0. The first-order valence-corrected chi connectivity index (χ1v) is 6.88. The van der Waals surface area contributed by atoms with Gasteiger partial charge in [0.2, 0.25) is 0 Å². The lowest BCUT2D eigenvalue weighted by Gasteiger charge is -2.48. The summed E-state index contributed by atoms with van der Waals surface area (Å²) in [5.74, 6) is 9.63. The Balaban J connectivity index is 1.67. The fraction of sp³-hybridized carbons (Fsp3) is 1.00. The van der Waals surface area contributed by atoms with Gasteiger partial charge in [0.05, 0.1) is 0 Å². The van der Waals surface area contributed by atoms with E-state index in [1.54, 1.807) is 12.8 Å². The van der Waals surface area contributed by atoms with Gasteiger partial charge in [-0.05, 0) is 60.2 Å². The van der Waals surface area contributed by atoms with Gasteiger partial charge < -0.3 is 0 Å². The molecular weight excluding hydrogens is 168 g/mol. The van der Waals surface area contributed by atoms with E-state index in [1.807, 2.05) is 0 Å². The van der Waals surface area contributed by atoms with Crippen molar-refractivity contribution in [3.63, 3.8) is 0 Å². The van der Waals surface area contributed by atoms with Crippen LogP contribution in [0.2, 0.25) is 0 Å². The number of hydrogen-bond donors (Lipinski definition) is 0. The highest BCUT2D eigenvalue weighted by Gasteiger charge is 2.75. The van der Waals surface area contributed by atoms with Crippen LogP contribution in [-0.4, -0.2) is 0 Å². The molecule has 0 heterocycles. The molecule has 0 nitrogen and oxygen atoms in total. The van der Waals surface area contributed by atoms with Gasteiger partial charge in [0.1, 0.15) is 0 Å². The fourth-order valence-corrected chi connectivity index (χ4v) is 6.53. The predicted octanol–water partition coefficient (Wildman–Crippen LogP) is 3.57.